The van der Waals surface area contributed by atoms with Crippen molar-refractivity contribution in [3.05, 3.63) is 51.9 Å². The van der Waals surface area contributed by atoms with Crippen LogP contribution in [0.1, 0.15) is 24.1 Å². The summed E-state index contributed by atoms with van der Waals surface area (Å²) in [5, 5.41) is 3.57. The second-order valence-electron chi connectivity index (χ2n) is 5.44. The van der Waals surface area contributed by atoms with Crippen LogP contribution in [-0.4, -0.2) is 21.2 Å². The summed E-state index contributed by atoms with van der Waals surface area (Å²) >= 11 is 1.50. The van der Waals surface area contributed by atoms with Crippen molar-refractivity contribution in [1.29, 1.82) is 0 Å². The minimum absolute atomic E-state index is 0.000503. The van der Waals surface area contributed by atoms with Crippen LogP contribution < -0.4 is 10.9 Å². The van der Waals surface area contributed by atoms with Gasteiger partial charge in [-0.1, -0.05) is 29.5 Å². The maximum absolute atomic E-state index is 11.9. The van der Waals surface area contributed by atoms with Gasteiger partial charge in [0.25, 0.3) is 5.56 Å². The number of amides is 1. The fraction of sp³-hybridized carbons (Fsp3) is 0.353. The SMILES string of the molecule is Cc1ccc(NC(=O)CCCSc2nc(C)cc(=O)n2C)cc1. The highest BCUT2D eigenvalue weighted by Gasteiger charge is 2.06. The summed E-state index contributed by atoms with van der Waals surface area (Å²) in [5.41, 5.74) is 2.64. The zero-order chi connectivity index (χ0) is 16.8. The first-order valence-corrected chi connectivity index (χ1v) is 8.48. The molecule has 0 radical (unpaired) electrons. The summed E-state index contributed by atoms with van der Waals surface area (Å²) < 4.78 is 1.53. The number of hydrogen-bond acceptors (Lipinski definition) is 4. The summed E-state index contributed by atoms with van der Waals surface area (Å²) in [6, 6.07) is 9.24. The number of anilines is 1. The van der Waals surface area contributed by atoms with Gasteiger partial charge in [0.2, 0.25) is 5.91 Å². The highest BCUT2D eigenvalue weighted by molar-refractivity contribution is 7.99. The summed E-state index contributed by atoms with van der Waals surface area (Å²) in [7, 11) is 1.71. The van der Waals surface area contributed by atoms with Gasteiger partial charge in [0.15, 0.2) is 5.16 Å². The lowest BCUT2D eigenvalue weighted by atomic mass is 10.2. The number of hydrogen-bond donors (Lipinski definition) is 1. The summed E-state index contributed by atoms with van der Waals surface area (Å²) in [5.74, 6) is 0.742. The molecule has 122 valence electrons. The Kier molecular flexibility index (Phi) is 5.98. The quantitative estimate of drug-likeness (QED) is 0.502. The van der Waals surface area contributed by atoms with Gasteiger partial charge < -0.3 is 5.32 Å². The van der Waals surface area contributed by atoms with Crippen molar-refractivity contribution in [2.24, 2.45) is 7.05 Å². The normalized spacial score (nSPS) is 10.6. The second kappa shape index (κ2) is 7.97. The topological polar surface area (TPSA) is 64.0 Å². The lowest BCUT2D eigenvalue weighted by molar-refractivity contribution is -0.116. The summed E-state index contributed by atoms with van der Waals surface area (Å²) in [4.78, 5) is 27.9. The molecule has 0 atom stereocenters. The van der Waals surface area contributed by atoms with Crippen molar-refractivity contribution in [1.82, 2.24) is 9.55 Å². The van der Waals surface area contributed by atoms with E-state index in [2.05, 4.69) is 10.3 Å². The van der Waals surface area contributed by atoms with Gasteiger partial charge in [-0.05, 0) is 32.4 Å². The number of thioether (sulfide) groups is 1. The number of carbonyl (C=O) groups is 1. The molecule has 0 saturated heterocycles. The van der Waals surface area contributed by atoms with Crippen LogP contribution in [0.25, 0.3) is 0 Å². The van der Waals surface area contributed by atoms with Crippen molar-refractivity contribution >= 4 is 23.4 Å². The van der Waals surface area contributed by atoms with Gasteiger partial charge in [-0.3, -0.25) is 14.2 Å². The molecule has 6 heteroatoms. The third-order valence-corrected chi connectivity index (χ3v) is 4.45. The second-order valence-corrected chi connectivity index (χ2v) is 6.51. The highest BCUT2D eigenvalue weighted by atomic mass is 32.2. The van der Waals surface area contributed by atoms with E-state index in [4.69, 9.17) is 0 Å². The van der Waals surface area contributed by atoms with E-state index < -0.39 is 0 Å². The van der Waals surface area contributed by atoms with Gasteiger partial charge in [0.05, 0.1) is 0 Å². The Hall–Kier alpha value is -2.08. The van der Waals surface area contributed by atoms with Gasteiger partial charge in [-0.2, -0.15) is 0 Å². The van der Waals surface area contributed by atoms with Gasteiger partial charge in [-0.25, -0.2) is 4.98 Å². The molecule has 0 aliphatic rings. The molecule has 0 unspecified atom stereocenters. The minimum Gasteiger partial charge on any atom is -0.326 e. The first-order valence-electron chi connectivity index (χ1n) is 7.49. The van der Waals surface area contributed by atoms with Crippen LogP contribution in [-0.2, 0) is 11.8 Å². The standard InChI is InChI=1S/C17H21N3O2S/c1-12-6-8-14(9-7-12)19-15(21)5-4-10-23-17-18-13(2)11-16(22)20(17)3/h6-9,11H,4-5,10H2,1-3H3,(H,19,21). The van der Waals surface area contributed by atoms with E-state index in [9.17, 15) is 9.59 Å². The molecule has 23 heavy (non-hydrogen) atoms. The number of nitrogens with zero attached hydrogens (tertiary/aromatic N) is 2. The molecule has 0 fully saturated rings. The van der Waals surface area contributed by atoms with Crippen LogP contribution in [0.15, 0.2) is 40.3 Å². The summed E-state index contributed by atoms with van der Waals surface area (Å²) in [6.45, 7) is 3.82. The number of carbonyl (C=O) groups excluding carboxylic acids is 1. The number of aromatic nitrogens is 2. The largest absolute Gasteiger partial charge is 0.326 e. The average Bonchev–Trinajstić information content (AvgIpc) is 2.50. The Morgan fingerprint density at radius 1 is 1.26 bits per heavy atom. The van der Waals surface area contributed by atoms with Crippen LogP contribution >= 0.6 is 11.8 Å². The highest BCUT2D eigenvalue weighted by Crippen LogP contribution is 2.16. The van der Waals surface area contributed by atoms with E-state index in [1.54, 1.807) is 14.0 Å². The van der Waals surface area contributed by atoms with Crippen molar-refractivity contribution < 1.29 is 4.79 Å². The van der Waals surface area contributed by atoms with E-state index in [-0.39, 0.29) is 11.5 Å². The van der Waals surface area contributed by atoms with E-state index in [1.807, 2.05) is 31.2 Å². The fourth-order valence-electron chi connectivity index (χ4n) is 2.01. The Balaban J connectivity index is 1.78. The average molecular weight is 331 g/mol. The van der Waals surface area contributed by atoms with E-state index in [0.29, 0.717) is 17.3 Å². The molecule has 1 amide bonds. The Morgan fingerprint density at radius 3 is 2.65 bits per heavy atom. The first-order chi connectivity index (χ1) is 11.0. The molecule has 2 aromatic rings. The maximum Gasteiger partial charge on any atom is 0.254 e. The Bertz CT molecular complexity index is 738. The molecular formula is C17H21N3O2S. The molecule has 0 spiro atoms. The predicted molar refractivity (Wildman–Crippen MR) is 94.0 cm³/mol. The number of benzene rings is 1. The maximum atomic E-state index is 11.9. The molecule has 2 rings (SSSR count). The Labute approximate surface area is 140 Å². The summed E-state index contributed by atoms with van der Waals surface area (Å²) in [6.07, 6.45) is 1.17. The molecule has 0 aliphatic carbocycles. The van der Waals surface area contributed by atoms with E-state index >= 15 is 0 Å². The molecule has 0 bridgehead atoms. The van der Waals surface area contributed by atoms with Gasteiger partial charge in [0, 0.05) is 36.7 Å². The van der Waals surface area contributed by atoms with Crippen LogP contribution in [0.4, 0.5) is 5.69 Å². The number of rotatable bonds is 6. The molecule has 1 N–H and O–H groups in total. The zero-order valence-electron chi connectivity index (χ0n) is 13.6. The molecule has 1 heterocycles. The van der Waals surface area contributed by atoms with Crippen molar-refractivity contribution in [2.45, 2.75) is 31.8 Å². The minimum atomic E-state index is -0.0582. The number of nitrogens with one attached hydrogen (secondary N) is 1. The van der Waals surface area contributed by atoms with Crippen LogP contribution in [0, 0.1) is 13.8 Å². The van der Waals surface area contributed by atoms with Gasteiger partial charge in [0.1, 0.15) is 0 Å². The van der Waals surface area contributed by atoms with Crippen LogP contribution in [0.2, 0.25) is 0 Å². The fourth-order valence-corrected chi connectivity index (χ4v) is 2.98. The van der Waals surface area contributed by atoms with Gasteiger partial charge in [-0.15, -0.1) is 0 Å². The number of aryl methyl sites for hydroxylation is 2. The molecule has 0 aliphatic heterocycles. The monoisotopic (exact) mass is 331 g/mol. The van der Waals surface area contributed by atoms with Crippen LogP contribution in [0.3, 0.4) is 0 Å². The van der Waals surface area contributed by atoms with Crippen molar-refractivity contribution in [2.75, 3.05) is 11.1 Å². The third kappa shape index (κ3) is 5.25. The predicted octanol–water partition coefficient (Wildman–Crippen LogP) is 2.91. The smallest absolute Gasteiger partial charge is 0.254 e. The lowest BCUT2D eigenvalue weighted by Crippen LogP contribution is -2.19. The Morgan fingerprint density at radius 2 is 1.96 bits per heavy atom. The van der Waals surface area contributed by atoms with Gasteiger partial charge >= 0.3 is 0 Å². The third-order valence-electron chi connectivity index (χ3n) is 3.34. The zero-order valence-corrected chi connectivity index (χ0v) is 14.4. The van der Waals surface area contributed by atoms with Crippen LogP contribution in [0.5, 0.6) is 0 Å². The van der Waals surface area contributed by atoms with E-state index in [0.717, 1.165) is 23.4 Å². The van der Waals surface area contributed by atoms with Crippen molar-refractivity contribution in [3.8, 4) is 0 Å². The van der Waals surface area contributed by atoms with Crippen molar-refractivity contribution in [3.63, 3.8) is 0 Å². The molecular weight excluding hydrogens is 310 g/mol. The lowest BCUT2D eigenvalue weighted by Gasteiger charge is -2.08. The molecule has 1 aromatic carbocycles. The van der Waals surface area contributed by atoms with E-state index in [1.165, 1.54) is 22.4 Å². The first kappa shape index (κ1) is 17.3. The molecule has 0 saturated carbocycles. The molecule has 1 aromatic heterocycles. The molecule has 5 nitrogen and oxygen atoms in total.